The van der Waals surface area contributed by atoms with Crippen molar-refractivity contribution in [2.24, 2.45) is 0 Å². The van der Waals surface area contributed by atoms with Crippen molar-refractivity contribution in [1.29, 1.82) is 0 Å². The van der Waals surface area contributed by atoms with Gasteiger partial charge in [-0.05, 0) is 12.1 Å². The average Bonchev–Trinajstić information content (AvgIpc) is 2.81. The molecule has 1 fully saturated rings. The lowest BCUT2D eigenvalue weighted by molar-refractivity contribution is 0.0817. The standard InChI is InChI=1S/C13H18N2O3/c1-15(2)13(16)11-4-3-9(14)7-12(11)18-10-5-6-17-8-10/h3-4,7,10H,5-6,8,14H2,1-2H3. The molecular formula is C13H18N2O3. The van der Waals surface area contributed by atoms with E-state index in [0.29, 0.717) is 30.2 Å². The van der Waals surface area contributed by atoms with Gasteiger partial charge in [0.25, 0.3) is 5.91 Å². The molecule has 1 aliphatic heterocycles. The molecule has 1 heterocycles. The summed E-state index contributed by atoms with van der Waals surface area (Å²) < 4.78 is 11.1. The number of hydrogen-bond donors (Lipinski definition) is 1. The molecule has 98 valence electrons. The molecule has 1 aromatic carbocycles. The molecule has 0 bridgehead atoms. The van der Waals surface area contributed by atoms with E-state index in [9.17, 15) is 4.79 Å². The van der Waals surface area contributed by atoms with Crippen molar-refractivity contribution in [2.45, 2.75) is 12.5 Å². The summed E-state index contributed by atoms with van der Waals surface area (Å²) in [6, 6.07) is 5.09. The van der Waals surface area contributed by atoms with Crippen LogP contribution < -0.4 is 10.5 Å². The van der Waals surface area contributed by atoms with E-state index >= 15 is 0 Å². The van der Waals surface area contributed by atoms with E-state index in [-0.39, 0.29) is 12.0 Å². The van der Waals surface area contributed by atoms with Gasteiger partial charge < -0.3 is 20.1 Å². The molecule has 2 N–H and O–H groups in total. The second-order valence-electron chi connectivity index (χ2n) is 4.56. The van der Waals surface area contributed by atoms with Gasteiger partial charge in [0.05, 0.1) is 18.8 Å². The summed E-state index contributed by atoms with van der Waals surface area (Å²) in [5, 5.41) is 0. The van der Waals surface area contributed by atoms with E-state index in [2.05, 4.69) is 0 Å². The molecule has 18 heavy (non-hydrogen) atoms. The normalized spacial score (nSPS) is 18.7. The van der Waals surface area contributed by atoms with E-state index in [4.69, 9.17) is 15.2 Å². The monoisotopic (exact) mass is 250 g/mol. The first-order valence-corrected chi connectivity index (χ1v) is 5.93. The third-order valence-corrected chi connectivity index (χ3v) is 2.82. The first-order valence-electron chi connectivity index (χ1n) is 5.93. The summed E-state index contributed by atoms with van der Waals surface area (Å²) in [4.78, 5) is 13.5. The highest BCUT2D eigenvalue weighted by Crippen LogP contribution is 2.25. The number of hydrogen-bond acceptors (Lipinski definition) is 4. The number of ether oxygens (including phenoxy) is 2. The molecule has 1 aromatic rings. The summed E-state index contributed by atoms with van der Waals surface area (Å²) in [5.41, 5.74) is 6.85. The van der Waals surface area contributed by atoms with Crippen molar-refractivity contribution in [2.75, 3.05) is 33.0 Å². The second kappa shape index (κ2) is 5.27. The van der Waals surface area contributed by atoms with Crippen LogP contribution in [0.15, 0.2) is 18.2 Å². The Bertz CT molecular complexity index is 440. The van der Waals surface area contributed by atoms with Crippen molar-refractivity contribution >= 4 is 11.6 Å². The van der Waals surface area contributed by atoms with Crippen LogP contribution in [0, 0.1) is 0 Å². The molecule has 0 spiro atoms. The van der Waals surface area contributed by atoms with Crippen LogP contribution in [-0.2, 0) is 4.74 Å². The van der Waals surface area contributed by atoms with Gasteiger partial charge in [-0.25, -0.2) is 0 Å². The topological polar surface area (TPSA) is 64.8 Å². The predicted octanol–water partition coefficient (Wildman–Crippen LogP) is 1.14. The number of carbonyl (C=O) groups excluding carboxylic acids is 1. The van der Waals surface area contributed by atoms with Crippen LogP contribution in [0.25, 0.3) is 0 Å². The molecule has 1 atom stereocenters. The number of carbonyl (C=O) groups is 1. The molecular weight excluding hydrogens is 232 g/mol. The maximum absolute atomic E-state index is 12.0. The number of nitrogens with zero attached hydrogens (tertiary/aromatic N) is 1. The average molecular weight is 250 g/mol. The first kappa shape index (κ1) is 12.7. The van der Waals surface area contributed by atoms with Gasteiger partial charge in [0.1, 0.15) is 11.9 Å². The highest BCUT2D eigenvalue weighted by Gasteiger charge is 2.21. The number of amides is 1. The zero-order valence-electron chi connectivity index (χ0n) is 10.7. The molecule has 5 heteroatoms. The van der Waals surface area contributed by atoms with E-state index in [1.165, 1.54) is 4.90 Å². The molecule has 0 aromatic heterocycles. The number of rotatable bonds is 3. The van der Waals surface area contributed by atoms with E-state index in [0.717, 1.165) is 6.42 Å². The Morgan fingerprint density at radius 1 is 1.50 bits per heavy atom. The van der Waals surface area contributed by atoms with Gasteiger partial charge in [0, 0.05) is 32.3 Å². The Kier molecular flexibility index (Phi) is 3.72. The maximum atomic E-state index is 12.0. The Labute approximate surface area is 106 Å². The van der Waals surface area contributed by atoms with Gasteiger partial charge in [-0.3, -0.25) is 4.79 Å². The molecule has 1 saturated heterocycles. The Morgan fingerprint density at radius 2 is 2.28 bits per heavy atom. The Hall–Kier alpha value is -1.75. The smallest absolute Gasteiger partial charge is 0.257 e. The molecule has 1 aliphatic rings. The lowest BCUT2D eigenvalue weighted by Crippen LogP contribution is -2.24. The zero-order valence-corrected chi connectivity index (χ0v) is 10.7. The maximum Gasteiger partial charge on any atom is 0.257 e. The molecule has 0 radical (unpaired) electrons. The van der Waals surface area contributed by atoms with Crippen LogP contribution in [0.1, 0.15) is 16.8 Å². The fraction of sp³-hybridized carbons (Fsp3) is 0.462. The molecule has 0 aliphatic carbocycles. The van der Waals surface area contributed by atoms with E-state index in [1.807, 2.05) is 0 Å². The van der Waals surface area contributed by atoms with Crippen molar-refractivity contribution < 1.29 is 14.3 Å². The van der Waals surface area contributed by atoms with Crippen molar-refractivity contribution in [3.63, 3.8) is 0 Å². The fourth-order valence-electron chi connectivity index (χ4n) is 1.84. The minimum absolute atomic E-state index is 0.000474. The quantitative estimate of drug-likeness (QED) is 0.817. The number of anilines is 1. The number of nitrogen functional groups attached to an aromatic ring is 1. The summed E-state index contributed by atoms with van der Waals surface area (Å²) in [7, 11) is 3.42. The molecule has 5 nitrogen and oxygen atoms in total. The van der Waals surface area contributed by atoms with Gasteiger partial charge in [-0.15, -0.1) is 0 Å². The van der Waals surface area contributed by atoms with Crippen LogP contribution >= 0.6 is 0 Å². The SMILES string of the molecule is CN(C)C(=O)c1ccc(N)cc1OC1CCOC1. The summed E-state index contributed by atoms with van der Waals surface area (Å²) in [5.74, 6) is 0.438. The minimum Gasteiger partial charge on any atom is -0.487 e. The van der Waals surface area contributed by atoms with Crippen molar-refractivity contribution in [1.82, 2.24) is 4.90 Å². The first-order chi connectivity index (χ1) is 8.58. The van der Waals surface area contributed by atoms with E-state index in [1.54, 1.807) is 32.3 Å². The second-order valence-corrected chi connectivity index (χ2v) is 4.56. The van der Waals surface area contributed by atoms with Crippen LogP contribution in [0.2, 0.25) is 0 Å². The van der Waals surface area contributed by atoms with Gasteiger partial charge >= 0.3 is 0 Å². The number of nitrogens with two attached hydrogens (primary N) is 1. The molecule has 1 amide bonds. The van der Waals surface area contributed by atoms with Gasteiger partial charge in [-0.2, -0.15) is 0 Å². The molecule has 2 rings (SSSR count). The predicted molar refractivity (Wildman–Crippen MR) is 68.7 cm³/mol. The zero-order chi connectivity index (χ0) is 13.1. The summed E-state index contributed by atoms with van der Waals surface area (Å²) >= 11 is 0. The van der Waals surface area contributed by atoms with Gasteiger partial charge in [-0.1, -0.05) is 0 Å². The van der Waals surface area contributed by atoms with Crippen molar-refractivity contribution in [3.05, 3.63) is 23.8 Å². The number of benzene rings is 1. The van der Waals surface area contributed by atoms with Crippen LogP contribution in [0.3, 0.4) is 0 Å². The Balaban J connectivity index is 2.25. The highest BCUT2D eigenvalue weighted by atomic mass is 16.5. The van der Waals surface area contributed by atoms with E-state index < -0.39 is 0 Å². The molecule has 0 saturated carbocycles. The third kappa shape index (κ3) is 2.73. The van der Waals surface area contributed by atoms with Gasteiger partial charge in [0.2, 0.25) is 0 Å². The van der Waals surface area contributed by atoms with Crippen molar-refractivity contribution in [3.8, 4) is 5.75 Å². The Morgan fingerprint density at radius 3 is 2.89 bits per heavy atom. The lowest BCUT2D eigenvalue weighted by atomic mass is 10.1. The summed E-state index contributed by atoms with van der Waals surface area (Å²) in [6.45, 7) is 1.26. The van der Waals surface area contributed by atoms with Crippen LogP contribution in [0.4, 0.5) is 5.69 Å². The highest BCUT2D eigenvalue weighted by molar-refractivity contribution is 5.97. The largest absolute Gasteiger partial charge is 0.487 e. The summed E-state index contributed by atoms with van der Waals surface area (Å²) in [6.07, 6.45) is 0.838. The molecule has 1 unspecified atom stereocenters. The lowest BCUT2D eigenvalue weighted by Gasteiger charge is -2.18. The fourth-order valence-corrected chi connectivity index (χ4v) is 1.84. The van der Waals surface area contributed by atoms with Crippen LogP contribution in [-0.4, -0.2) is 44.2 Å². The van der Waals surface area contributed by atoms with Gasteiger partial charge in [0.15, 0.2) is 0 Å². The third-order valence-electron chi connectivity index (χ3n) is 2.82. The van der Waals surface area contributed by atoms with Crippen LogP contribution in [0.5, 0.6) is 5.75 Å². The minimum atomic E-state index is -0.0936.